The van der Waals surface area contributed by atoms with Crippen molar-refractivity contribution in [2.24, 2.45) is 4.99 Å². The lowest BCUT2D eigenvalue weighted by atomic mass is 9.91. The van der Waals surface area contributed by atoms with Gasteiger partial charge in [0.25, 0.3) is 0 Å². The Morgan fingerprint density at radius 1 is 1.32 bits per heavy atom. The first kappa shape index (κ1) is 22.9. The lowest BCUT2D eigenvalue weighted by Gasteiger charge is -2.25. The molecule has 1 aliphatic rings. The monoisotopic (exact) mass is 519 g/mol. The molecule has 1 aromatic carbocycles. The number of fused-ring (bicyclic) bond motifs is 1. The second-order valence-corrected chi connectivity index (χ2v) is 8.08. The summed E-state index contributed by atoms with van der Waals surface area (Å²) in [4.78, 5) is 5.61. The van der Waals surface area contributed by atoms with Crippen LogP contribution in [0.1, 0.15) is 29.9 Å². The van der Waals surface area contributed by atoms with E-state index in [1.54, 1.807) is 18.4 Å². The molecule has 154 valence electrons. The van der Waals surface area contributed by atoms with Gasteiger partial charge in [-0.1, -0.05) is 19.9 Å². The SMILES string of the molecule is CN=C(NCCc1cc(F)cc2c1OCOC2)NCC(C)(C)c1cccs1.I. The van der Waals surface area contributed by atoms with E-state index in [1.807, 2.05) is 0 Å². The molecule has 0 unspecified atom stereocenters. The summed E-state index contributed by atoms with van der Waals surface area (Å²) in [7, 11) is 1.75. The highest BCUT2D eigenvalue weighted by Crippen LogP contribution is 2.29. The van der Waals surface area contributed by atoms with Gasteiger partial charge < -0.3 is 20.1 Å². The highest BCUT2D eigenvalue weighted by atomic mass is 127. The average Bonchev–Trinajstić information content (AvgIpc) is 3.20. The van der Waals surface area contributed by atoms with E-state index < -0.39 is 0 Å². The second kappa shape index (κ2) is 10.4. The van der Waals surface area contributed by atoms with E-state index >= 15 is 0 Å². The molecule has 1 aromatic heterocycles. The molecular weight excluding hydrogens is 492 g/mol. The van der Waals surface area contributed by atoms with Crippen LogP contribution in [0.5, 0.6) is 5.75 Å². The Bertz CT molecular complexity index is 797. The van der Waals surface area contributed by atoms with Gasteiger partial charge in [0.05, 0.1) is 6.61 Å². The van der Waals surface area contributed by atoms with Gasteiger partial charge >= 0.3 is 0 Å². The van der Waals surface area contributed by atoms with Gasteiger partial charge in [0.2, 0.25) is 0 Å². The largest absolute Gasteiger partial charge is 0.467 e. The molecule has 0 amide bonds. The van der Waals surface area contributed by atoms with Crippen LogP contribution >= 0.6 is 35.3 Å². The fourth-order valence-electron chi connectivity index (χ4n) is 3.03. The minimum Gasteiger partial charge on any atom is -0.467 e. The summed E-state index contributed by atoms with van der Waals surface area (Å²) in [6.45, 7) is 6.39. The molecule has 0 saturated carbocycles. The van der Waals surface area contributed by atoms with E-state index in [2.05, 4.69) is 47.0 Å². The van der Waals surface area contributed by atoms with Crippen LogP contribution < -0.4 is 15.4 Å². The van der Waals surface area contributed by atoms with Gasteiger partial charge in [-0.05, 0) is 35.6 Å². The predicted octanol–water partition coefficient (Wildman–Crippen LogP) is 4.06. The predicted molar refractivity (Wildman–Crippen MR) is 123 cm³/mol. The Morgan fingerprint density at radius 3 is 2.86 bits per heavy atom. The van der Waals surface area contributed by atoms with Crippen LogP contribution in [-0.4, -0.2) is 32.9 Å². The van der Waals surface area contributed by atoms with E-state index in [0.717, 1.165) is 29.4 Å². The summed E-state index contributed by atoms with van der Waals surface area (Å²) in [5.41, 5.74) is 1.62. The fourth-order valence-corrected chi connectivity index (χ4v) is 3.89. The molecule has 2 N–H and O–H groups in total. The number of nitrogens with zero attached hydrogens (tertiary/aromatic N) is 1. The number of nitrogens with one attached hydrogen (secondary N) is 2. The number of hydrogen-bond acceptors (Lipinski definition) is 4. The Balaban J connectivity index is 0.00000280. The minimum absolute atomic E-state index is 0. The van der Waals surface area contributed by atoms with Crippen LogP contribution in [0.25, 0.3) is 0 Å². The molecule has 2 aromatic rings. The van der Waals surface area contributed by atoms with Gasteiger partial charge in [-0.25, -0.2) is 4.39 Å². The van der Waals surface area contributed by atoms with Crippen LogP contribution in [-0.2, 0) is 23.2 Å². The van der Waals surface area contributed by atoms with Crippen LogP contribution in [0, 0.1) is 5.82 Å². The number of ether oxygens (including phenoxy) is 2. The Hall–Kier alpha value is -1.39. The standard InChI is InChI=1S/C20H26FN3O2S.HI/c1-20(2,17-5-4-8-27-17)12-24-19(22-3)23-7-6-14-9-16(21)10-15-11-25-13-26-18(14)15;/h4-5,8-10H,6-7,11-13H2,1-3H3,(H2,22,23,24);1H. The summed E-state index contributed by atoms with van der Waals surface area (Å²) in [6.07, 6.45) is 0.634. The molecule has 0 fully saturated rings. The van der Waals surface area contributed by atoms with Crippen molar-refractivity contribution >= 4 is 41.3 Å². The van der Waals surface area contributed by atoms with E-state index in [0.29, 0.717) is 19.6 Å². The molecule has 0 saturated heterocycles. The fraction of sp³-hybridized carbons (Fsp3) is 0.450. The normalized spacial score (nSPS) is 13.9. The van der Waals surface area contributed by atoms with Gasteiger partial charge in [0.15, 0.2) is 12.8 Å². The second-order valence-electron chi connectivity index (χ2n) is 7.13. The van der Waals surface area contributed by atoms with Gasteiger partial charge in [-0.3, -0.25) is 4.99 Å². The first-order valence-electron chi connectivity index (χ1n) is 9.00. The van der Waals surface area contributed by atoms with Gasteiger partial charge in [-0.15, -0.1) is 35.3 Å². The first-order valence-corrected chi connectivity index (χ1v) is 9.88. The molecule has 0 radical (unpaired) electrons. The third kappa shape index (κ3) is 5.81. The molecule has 0 spiro atoms. The maximum Gasteiger partial charge on any atom is 0.191 e. The molecule has 28 heavy (non-hydrogen) atoms. The number of halogens is 2. The third-order valence-corrected chi connectivity index (χ3v) is 5.78. The van der Waals surface area contributed by atoms with Crippen molar-refractivity contribution in [2.75, 3.05) is 26.9 Å². The zero-order valence-corrected chi connectivity index (χ0v) is 19.5. The maximum absolute atomic E-state index is 13.8. The Morgan fingerprint density at radius 2 is 2.14 bits per heavy atom. The van der Waals surface area contributed by atoms with Gasteiger partial charge in [-0.2, -0.15) is 0 Å². The minimum atomic E-state index is -0.266. The van der Waals surface area contributed by atoms with E-state index in [4.69, 9.17) is 9.47 Å². The number of rotatable bonds is 6. The molecule has 3 rings (SSSR count). The van der Waals surface area contributed by atoms with E-state index in [1.165, 1.54) is 17.0 Å². The van der Waals surface area contributed by atoms with Crippen LogP contribution in [0.3, 0.4) is 0 Å². The maximum atomic E-state index is 13.8. The zero-order chi connectivity index (χ0) is 19.3. The lowest BCUT2D eigenvalue weighted by Crippen LogP contribution is -2.43. The molecule has 1 aliphatic heterocycles. The molecule has 5 nitrogen and oxygen atoms in total. The summed E-state index contributed by atoms with van der Waals surface area (Å²) in [6, 6.07) is 7.22. The topological polar surface area (TPSA) is 54.9 Å². The van der Waals surface area contributed by atoms with E-state index in [9.17, 15) is 4.39 Å². The number of thiophene rings is 1. The van der Waals surface area contributed by atoms with Gasteiger partial charge in [0.1, 0.15) is 11.6 Å². The quantitative estimate of drug-likeness (QED) is 0.344. The number of guanidine groups is 1. The smallest absolute Gasteiger partial charge is 0.191 e. The lowest BCUT2D eigenvalue weighted by molar-refractivity contribution is -0.0172. The number of benzene rings is 1. The zero-order valence-electron chi connectivity index (χ0n) is 16.4. The molecule has 0 aliphatic carbocycles. The van der Waals surface area contributed by atoms with Crippen molar-refractivity contribution in [1.82, 2.24) is 10.6 Å². The molecule has 2 heterocycles. The summed E-state index contributed by atoms with van der Waals surface area (Å²) in [5, 5.41) is 8.77. The van der Waals surface area contributed by atoms with Crippen molar-refractivity contribution in [3.05, 3.63) is 51.5 Å². The van der Waals surface area contributed by atoms with Crippen LogP contribution in [0.4, 0.5) is 4.39 Å². The molecule has 8 heteroatoms. The molecule has 0 atom stereocenters. The average molecular weight is 519 g/mol. The van der Waals surface area contributed by atoms with Crippen LogP contribution in [0.2, 0.25) is 0 Å². The molecular formula is C20H27FIN3O2S. The first-order chi connectivity index (χ1) is 13.0. The summed E-state index contributed by atoms with van der Waals surface area (Å²) in [5.74, 6) is 1.21. The van der Waals surface area contributed by atoms with Crippen molar-refractivity contribution in [2.45, 2.75) is 32.3 Å². The Kier molecular flexibility index (Phi) is 8.51. The van der Waals surface area contributed by atoms with Gasteiger partial charge in [0, 0.05) is 36.0 Å². The number of hydrogen-bond donors (Lipinski definition) is 2. The van der Waals surface area contributed by atoms with E-state index in [-0.39, 0.29) is 42.0 Å². The van der Waals surface area contributed by atoms with Crippen molar-refractivity contribution in [1.29, 1.82) is 0 Å². The summed E-state index contributed by atoms with van der Waals surface area (Å²) >= 11 is 1.76. The van der Waals surface area contributed by atoms with Crippen molar-refractivity contribution in [3.8, 4) is 5.75 Å². The van der Waals surface area contributed by atoms with Crippen molar-refractivity contribution in [3.63, 3.8) is 0 Å². The molecule has 0 bridgehead atoms. The van der Waals surface area contributed by atoms with Crippen molar-refractivity contribution < 1.29 is 13.9 Å². The highest BCUT2D eigenvalue weighted by Gasteiger charge is 2.22. The van der Waals surface area contributed by atoms with Crippen LogP contribution in [0.15, 0.2) is 34.6 Å². The highest BCUT2D eigenvalue weighted by molar-refractivity contribution is 14.0. The Labute approximate surface area is 186 Å². The third-order valence-electron chi connectivity index (χ3n) is 4.55. The summed E-state index contributed by atoms with van der Waals surface area (Å²) < 4.78 is 24.6. The number of aliphatic imine (C=N–C) groups is 1.